The van der Waals surface area contributed by atoms with E-state index in [2.05, 4.69) is 29.0 Å². The molecule has 130 valence electrons. The second-order valence-corrected chi connectivity index (χ2v) is 7.60. The molecule has 0 aliphatic carbocycles. The van der Waals surface area contributed by atoms with Gasteiger partial charge in [-0.2, -0.15) is 0 Å². The average molecular weight is 313 g/mol. The minimum absolute atomic E-state index is 0.287. The topological polar surface area (TPSA) is 48.0 Å². The molecule has 2 aliphatic rings. The Balaban J connectivity index is 1.61. The third-order valence-electron chi connectivity index (χ3n) is 4.89. The Hall–Kier alpha value is -0.200. The van der Waals surface area contributed by atoms with Crippen LogP contribution >= 0.6 is 0 Å². The third-order valence-corrected chi connectivity index (χ3v) is 4.89. The SMILES string of the molecule is CC(C)(CNCCN1CCCCC1CO)CN1CCOCC1. The van der Waals surface area contributed by atoms with Gasteiger partial charge < -0.3 is 15.2 Å². The van der Waals surface area contributed by atoms with Crippen molar-refractivity contribution < 1.29 is 9.84 Å². The number of hydrogen-bond acceptors (Lipinski definition) is 5. The highest BCUT2D eigenvalue weighted by Crippen LogP contribution is 2.17. The highest BCUT2D eigenvalue weighted by Gasteiger charge is 2.24. The molecule has 5 nitrogen and oxygen atoms in total. The Kier molecular flexibility index (Phi) is 7.57. The van der Waals surface area contributed by atoms with E-state index in [-0.39, 0.29) is 5.41 Å². The van der Waals surface area contributed by atoms with Crippen molar-refractivity contribution in [2.45, 2.75) is 39.2 Å². The molecule has 0 amide bonds. The van der Waals surface area contributed by atoms with E-state index in [0.717, 1.165) is 65.4 Å². The standard InChI is InChI=1S/C17H35N3O2/c1-17(2,15-19-9-11-22-12-10-19)14-18-6-8-20-7-4-3-5-16(20)13-21/h16,18,21H,3-15H2,1-2H3. The molecular formula is C17H35N3O2. The molecule has 2 heterocycles. The van der Waals surface area contributed by atoms with Gasteiger partial charge in [0.25, 0.3) is 0 Å². The van der Waals surface area contributed by atoms with Crippen molar-refractivity contribution in [1.82, 2.24) is 15.1 Å². The number of hydrogen-bond donors (Lipinski definition) is 2. The monoisotopic (exact) mass is 313 g/mol. The van der Waals surface area contributed by atoms with Crippen molar-refractivity contribution in [2.75, 3.05) is 65.6 Å². The lowest BCUT2D eigenvalue weighted by atomic mass is 9.92. The van der Waals surface area contributed by atoms with Gasteiger partial charge >= 0.3 is 0 Å². The van der Waals surface area contributed by atoms with E-state index in [0.29, 0.717) is 12.6 Å². The summed E-state index contributed by atoms with van der Waals surface area (Å²) in [5, 5.41) is 13.1. The van der Waals surface area contributed by atoms with E-state index in [1.54, 1.807) is 0 Å². The first kappa shape index (κ1) is 18.1. The fraction of sp³-hybridized carbons (Fsp3) is 1.00. The fourth-order valence-electron chi connectivity index (χ4n) is 3.63. The molecule has 0 aromatic rings. The smallest absolute Gasteiger partial charge is 0.0594 e. The van der Waals surface area contributed by atoms with E-state index in [1.807, 2.05) is 0 Å². The Labute approximate surface area is 136 Å². The molecular weight excluding hydrogens is 278 g/mol. The lowest BCUT2D eigenvalue weighted by Crippen LogP contribution is -2.47. The molecule has 2 N–H and O–H groups in total. The van der Waals surface area contributed by atoms with Crippen LogP contribution in [0.1, 0.15) is 33.1 Å². The number of aliphatic hydroxyl groups excluding tert-OH is 1. The summed E-state index contributed by atoms with van der Waals surface area (Å²) in [6.45, 7) is 14.3. The normalized spacial score (nSPS) is 25.5. The molecule has 0 bridgehead atoms. The number of rotatable bonds is 8. The third kappa shape index (κ3) is 6.13. The molecule has 0 aromatic heterocycles. The zero-order valence-corrected chi connectivity index (χ0v) is 14.5. The number of aliphatic hydroxyl groups is 1. The summed E-state index contributed by atoms with van der Waals surface area (Å²) in [7, 11) is 0. The number of ether oxygens (including phenoxy) is 1. The molecule has 0 saturated carbocycles. The van der Waals surface area contributed by atoms with E-state index in [1.165, 1.54) is 12.8 Å². The van der Waals surface area contributed by atoms with Crippen LogP contribution in [-0.2, 0) is 4.74 Å². The van der Waals surface area contributed by atoms with Crippen LogP contribution in [0.25, 0.3) is 0 Å². The van der Waals surface area contributed by atoms with Crippen molar-refractivity contribution in [3.8, 4) is 0 Å². The number of morpholine rings is 1. The van der Waals surface area contributed by atoms with E-state index in [4.69, 9.17) is 4.74 Å². The summed E-state index contributed by atoms with van der Waals surface area (Å²) >= 11 is 0. The van der Waals surface area contributed by atoms with Crippen molar-refractivity contribution in [3.05, 3.63) is 0 Å². The molecule has 0 spiro atoms. The van der Waals surface area contributed by atoms with Crippen LogP contribution < -0.4 is 5.32 Å². The van der Waals surface area contributed by atoms with E-state index < -0.39 is 0 Å². The Bertz CT molecular complexity index is 306. The molecule has 2 saturated heterocycles. The molecule has 0 aromatic carbocycles. The predicted octanol–water partition coefficient (Wildman–Crippen LogP) is 0.781. The predicted molar refractivity (Wildman–Crippen MR) is 90.2 cm³/mol. The molecule has 1 unspecified atom stereocenters. The van der Waals surface area contributed by atoms with Gasteiger partial charge in [-0.15, -0.1) is 0 Å². The van der Waals surface area contributed by atoms with Gasteiger partial charge in [-0.3, -0.25) is 9.80 Å². The number of nitrogens with zero attached hydrogens (tertiary/aromatic N) is 2. The maximum atomic E-state index is 9.45. The summed E-state index contributed by atoms with van der Waals surface area (Å²) in [5.41, 5.74) is 0.287. The van der Waals surface area contributed by atoms with Crippen LogP contribution in [0.5, 0.6) is 0 Å². The van der Waals surface area contributed by atoms with Gasteiger partial charge in [-0.25, -0.2) is 0 Å². The van der Waals surface area contributed by atoms with Gasteiger partial charge in [-0.05, 0) is 24.8 Å². The summed E-state index contributed by atoms with van der Waals surface area (Å²) in [5.74, 6) is 0. The van der Waals surface area contributed by atoms with Crippen LogP contribution in [0.4, 0.5) is 0 Å². The molecule has 2 aliphatic heterocycles. The zero-order chi connectivity index (χ0) is 15.8. The fourth-order valence-corrected chi connectivity index (χ4v) is 3.63. The first-order valence-electron chi connectivity index (χ1n) is 8.96. The first-order chi connectivity index (χ1) is 10.6. The van der Waals surface area contributed by atoms with Crippen LogP contribution in [-0.4, -0.2) is 86.6 Å². The van der Waals surface area contributed by atoms with Crippen molar-refractivity contribution in [2.24, 2.45) is 5.41 Å². The second-order valence-electron chi connectivity index (χ2n) is 7.60. The number of nitrogens with one attached hydrogen (secondary N) is 1. The summed E-state index contributed by atoms with van der Waals surface area (Å²) < 4.78 is 5.42. The van der Waals surface area contributed by atoms with E-state index in [9.17, 15) is 5.11 Å². The average Bonchev–Trinajstić information content (AvgIpc) is 2.52. The number of likely N-dealkylation sites (tertiary alicyclic amines) is 1. The largest absolute Gasteiger partial charge is 0.395 e. The Morgan fingerprint density at radius 2 is 1.95 bits per heavy atom. The minimum atomic E-state index is 0.287. The Morgan fingerprint density at radius 1 is 1.18 bits per heavy atom. The van der Waals surface area contributed by atoms with Crippen LogP contribution in [0.3, 0.4) is 0 Å². The summed E-state index contributed by atoms with van der Waals surface area (Å²) in [4.78, 5) is 4.96. The molecule has 2 fully saturated rings. The molecule has 0 radical (unpaired) electrons. The van der Waals surface area contributed by atoms with Gasteiger partial charge in [-0.1, -0.05) is 20.3 Å². The molecule has 22 heavy (non-hydrogen) atoms. The zero-order valence-electron chi connectivity index (χ0n) is 14.5. The summed E-state index contributed by atoms with van der Waals surface area (Å²) in [6, 6.07) is 0.386. The van der Waals surface area contributed by atoms with Crippen LogP contribution in [0, 0.1) is 5.41 Å². The molecule has 5 heteroatoms. The highest BCUT2D eigenvalue weighted by molar-refractivity contribution is 4.80. The minimum Gasteiger partial charge on any atom is -0.395 e. The van der Waals surface area contributed by atoms with Crippen molar-refractivity contribution in [3.63, 3.8) is 0 Å². The summed E-state index contributed by atoms with van der Waals surface area (Å²) in [6.07, 6.45) is 3.69. The lowest BCUT2D eigenvalue weighted by molar-refractivity contribution is 0.0211. The van der Waals surface area contributed by atoms with E-state index >= 15 is 0 Å². The Morgan fingerprint density at radius 3 is 2.68 bits per heavy atom. The van der Waals surface area contributed by atoms with Crippen molar-refractivity contribution >= 4 is 0 Å². The van der Waals surface area contributed by atoms with Gasteiger partial charge in [0.1, 0.15) is 0 Å². The first-order valence-corrected chi connectivity index (χ1v) is 8.96. The maximum Gasteiger partial charge on any atom is 0.0594 e. The quantitative estimate of drug-likeness (QED) is 0.649. The second kappa shape index (κ2) is 9.18. The van der Waals surface area contributed by atoms with Crippen LogP contribution in [0.2, 0.25) is 0 Å². The highest BCUT2D eigenvalue weighted by atomic mass is 16.5. The maximum absolute atomic E-state index is 9.45. The van der Waals surface area contributed by atoms with Gasteiger partial charge in [0.2, 0.25) is 0 Å². The number of piperidine rings is 1. The van der Waals surface area contributed by atoms with Gasteiger partial charge in [0.15, 0.2) is 0 Å². The van der Waals surface area contributed by atoms with Gasteiger partial charge in [0, 0.05) is 45.3 Å². The van der Waals surface area contributed by atoms with Crippen LogP contribution in [0.15, 0.2) is 0 Å². The molecule has 2 rings (SSSR count). The lowest BCUT2D eigenvalue weighted by Gasteiger charge is -2.36. The molecule has 1 atom stereocenters. The van der Waals surface area contributed by atoms with Gasteiger partial charge in [0.05, 0.1) is 19.8 Å². The van der Waals surface area contributed by atoms with Crippen molar-refractivity contribution in [1.29, 1.82) is 0 Å².